The highest BCUT2D eigenvalue weighted by atomic mass is 32.2. The third kappa shape index (κ3) is 5.11. The first-order chi connectivity index (χ1) is 20.6. The third-order valence-electron chi connectivity index (χ3n) is 7.13. The summed E-state index contributed by atoms with van der Waals surface area (Å²) < 4.78 is 47.4. The van der Waals surface area contributed by atoms with Crippen molar-refractivity contribution in [2.24, 2.45) is 0 Å². The lowest BCUT2D eigenvalue weighted by Gasteiger charge is -2.21. The van der Waals surface area contributed by atoms with Gasteiger partial charge >= 0.3 is 0 Å². The number of nitrogens with one attached hydrogen (secondary N) is 1. The Bertz CT molecular complexity index is 2210. The van der Waals surface area contributed by atoms with E-state index >= 15 is 0 Å². The van der Waals surface area contributed by atoms with Gasteiger partial charge in [0.1, 0.15) is 22.2 Å². The summed E-state index contributed by atoms with van der Waals surface area (Å²) in [6, 6.07) is 21.8. The average Bonchev–Trinajstić information content (AvgIpc) is 3.60. The molecule has 0 bridgehead atoms. The van der Waals surface area contributed by atoms with Crippen molar-refractivity contribution in [2.75, 3.05) is 24.7 Å². The monoisotopic (exact) mass is 610 g/mol. The molecule has 11 heteroatoms. The van der Waals surface area contributed by atoms with Gasteiger partial charge in [-0.2, -0.15) is 0 Å². The first-order valence-corrected chi connectivity index (χ1v) is 15.6. The maximum atomic E-state index is 13.7. The van der Waals surface area contributed by atoms with Crippen molar-refractivity contribution in [3.05, 3.63) is 102 Å². The van der Waals surface area contributed by atoms with Crippen LogP contribution in [0.4, 0.5) is 15.8 Å². The summed E-state index contributed by atoms with van der Waals surface area (Å²) in [5, 5.41) is 3.86. The van der Waals surface area contributed by atoms with Gasteiger partial charge in [0.2, 0.25) is 10.0 Å². The number of carbonyl (C=O) groups is 1. The van der Waals surface area contributed by atoms with Crippen LogP contribution < -0.4 is 9.62 Å². The predicted molar refractivity (Wildman–Crippen MR) is 169 cm³/mol. The molecule has 0 aliphatic rings. The molecule has 43 heavy (non-hydrogen) atoms. The summed E-state index contributed by atoms with van der Waals surface area (Å²) in [4.78, 5) is 21.4. The quantitative estimate of drug-likeness (QED) is 0.197. The molecule has 2 aromatic heterocycles. The number of amides is 1. The van der Waals surface area contributed by atoms with Crippen molar-refractivity contribution in [3.63, 3.8) is 0 Å². The van der Waals surface area contributed by atoms with Crippen molar-refractivity contribution in [3.8, 4) is 33.0 Å². The SMILES string of the molecule is [C-]#[N+]c1ccc2nc(-c3cccc(-c4cc5c(C(=O)NC)c(-c6ccc(F)cc6)oc5cc4N(C)S(C)(=O)=O)c3)sc2c1. The van der Waals surface area contributed by atoms with Crippen LogP contribution in [-0.4, -0.2) is 39.7 Å². The minimum absolute atomic E-state index is 0.237. The van der Waals surface area contributed by atoms with E-state index < -0.39 is 21.7 Å². The fraction of sp³-hybridized carbons (Fsp3) is 0.0938. The smallest absolute Gasteiger partial charge is 0.255 e. The molecule has 1 amide bonds. The van der Waals surface area contributed by atoms with Crippen molar-refractivity contribution in [1.29, 1.82) is 0 Å². The van der Waals surface area contributed by atoms with E-state index in [0.29, 0.717) is 39.0 Å². The minimum Gasteiger partial charge on any atom is -0.455 e. The van der Waals surface area contributed by atoms with Gasteiger partial charge in [0.15, 0.2) is 5.69 Å². The Morgan fingerprint density at radius 1 is 1.02 bits per heavy atom. The van der Waals surface area contributed by atoms with Crippen LogP contribution >= 0.6 is 11.3 Å². The zero-order chi connectivity index (χ0) is 30.5. The molecule has 0 aliphatic heterocycles. The predicted octanol–water partition coefficient (Wildman–Crippen LogP) is 7.49. The number of aromatic nitrogens is 1. The largest absolute Gasteiger partial charge is 0.455 e. The van der Waals surface area contributed by atoms with Crippen molar-refractivity contribution < 1.29 is 22.0 Å². The van der Waals surface area contributed by atoms with Gasteiger partial charge in [-0.3, -0.25) is 9.10 Å². The molecule has 0 aliphatic carbocycles. The number of halogens is 1. The Balaban J connectivity index is 1.59. The van der Waals surface area contributed by atoms with Gasteiger partial charge in [-0.25, -0.2) is 22.6 Å². The van der Waals surface area contributed by atoms with Gasteiger partial charge in [-0.05, 0) is 54.1 Å². The van der Waals surface area contributed by atoms with Crippen LogP contribution in [0.25, 0.3) is 59.1 Å². The summed E-state index contributed by atoms with van der Waals surface area (Å²) in [6.07, 6.45) is 1.11. The fourth-order valence-corrected chi connectivity index (χ4v) is 6.39. The van der Waals surface area contributed by atoms with E-state index in [1.165, 1.54) is 49.7 Å². The molecule has 0 saturated heterocycles. The second kappa shape index (κ2) is 10.7. The number of furan rings is 1. The molecular weight excluding hydrogens is 588 g/mol. The third-order valence-corrected chi connectivity index (χ3v) is 9.38. The van der Waals surface area contributed by atoms with E-state index in [2.05, 4.69) is 10.2 Å². The molecule has 6 rings (SSSR count). The van der Waals surface area contributed by atoms with E-state index in [9.17, 15) is 17.6 Å². The Hall–Kier alpha value is -5.05. The Morgan fingerprint density at radius 3 is 2.47 bits per heavy atom. The van der Waals surface area contributed by atoms with Crippen LogP contribution in [0.1, 0.15) is 10.4 Å². The molecule has 6 aromatic rings. The molecule has 4 aromatic carbocycles. The number of benzene rings is 4. The summed E-state index contributed by atoms with van der Waals surface area (Å²) in [7, 11) is -0.727. The second-order valence-electron chi connectivity index (χ2n) is 9.85. The van der Waals surface area contributed by atoms with Gasteiger partial charge in [-0.1, -0.05) is 24.3 Å². The molecule has 0 fully saturated rings. The lowest BCUT2D eigenvalue weighted by Crippen LogP contribution is -2.25. The van der Waals surface area contributed by atoms with Gasteiger partial charge in [0.25, 0.3) is 5.91 Å². The van der Waals surface area contributed by atoms with Crippen LogP contribution in [-0.2, 0) is 10.0 Å². The van der Waals surface area contributed by atoms with E-state index in [1.54, 1.807) is 24.3 Å². The molecule has 0 saturated carbocycles. The van der Waals surface area contributed by atoms with Crippen LogP contribution in [0.2, 0.25) is 0 Å². The van der Waals surface area contributed by atoms with Crippen LogP contribution in [0.15, 0.2) is 83.3 Å². The van der Waals surface area contributed by atoms with E-state index in [4.69, 9.17) is 16.0 Å². The summed E-state index contributed by atoms with van der Waals surface area (Å²) in [5.41, 5.74) is 4.75. The number of rotatable bonds is 6. The highest BCUT2D eigenvalue weighted by molar-refractivity contribution is 7.92. The van der Waals surface area contributed by atoms with Gasteiger partial charge in [-0.15, -0.1) is 11.3 Å². The number of hydrogen-bond acceptors (Lipinski definition) is 6. The Morgan fingerprint density at radius 2 is 1.77 bits per heavy atom. The summed E-state index contributed by atoms with van der Waals surface area (Å²) in [5.74, 6) is -0.600. The lowest BCUT2D eigenvalue weighted by atomic mass is 9.97. The van der Waals surface area contributed by atoms with Gasteiger partial charge in [0, 0.05) is 46.9 Å². The number of sulfonamides is 1. The number of fused-ring (bicyclic) bond motifs is 2. The molecule has 8 nitrogen and oxygen atoms in total. The molecule has 0 radical (unpaired) electrons. The molecule has 0 unspecified atom stereocenters. The van der Waals surface area contributed by atoms with E-state index in [-0.39, 0.29) is 11.3 Å². The topological polar surface area (TPSA) is 96.9 Å². The number of anilines is 1. The number of thiazole rings is 1. The Kier molecular flexibility index (Phi) is 6.96. The minimum atomic E-state index is -3.69. The molecular formula is C32H23FN4O4S2. The summed E-state index contributed by atoms with van der Waals surface area (Å²) >= 11 is 1.46. The maximum Gasteiger partial charge on any atom is 0.255 e. The van der Waals surface area contributed by atoms with Crippen molar-refractivity contribution >= 4 is 59.8 Å². The summed E-state index contributed by atoms with van der Waals surface area (Å²) in [6.45, 7) is 7.30. The highest BCUT2D eigenvalue weighted by Gasteiger charge is 2.26. The number of nitrogens with zero attached hydrogens (tertiary/aromatic N) is 3. The zero-order valence-electron chi connectivity index (χ0n) is 23.2. The van der Waals surface area contributed by atoms with Crippen molar-refractivity contribution in [1.82, 2.24) is 10.3 Å². The van der Waals surface area contributed by atoms with Gasteiger partial charge in [0.05, 0.1) is 29.6 Å². The van der Waals surface area contributed by atoms with E-state index in [1.807, 2.05) is 30.3 Å². The molecule has 2 heterocycles. The number of carbonyl (C=O) groups excluding carboxylic acids is 1. The molecule has 214 valence electrons. The lowest BCUT2D eigenvalue weighted by molar-refractivity contribution is 0.0964. The normalized spacial score (nSPS) is 11.5. The zero-order valence-corrected chi connectivity index (χ0v) is 24.8. The Labute approximate surface area is 250 Å². The van der Waals surface area contributed by atoms with Crippen LogP contribution in [0.3, 0.4) is 0 Å². The highest BCUT2D eigenvalue weighted by Crippen LogP contribution is 2.42. The maximum absolute atomic E-state index is 13.7. The number of hydrogen-bond donors (Lipinski definition) is 1. The fourth-order valence-electron chi connectivity index (χ4n) is 4.88. The van der Waals surface area contributed by atoms with Gasteiger partial charge < -0.3 is 9.73 Å². The molecule has 0 atom stereocenters. The molecule has 1 N–H and O–H groups in total. The first-order valence-electron chi connectivity index (χ1n) is 13.0. The van der Waals surface area contributed by atoms with Crippen LogP contribution in [0, 0.1) is 12.4 Å². The first kappa shape index (κ1) is 28.1. The van der Waals surface area contributed by atoms with Crippen molar-refractivity contribution in [2.45, 2.75) is 0 Å². The average molecular weight is 611 g/mol. The molecule has 0 spiro atoms. The standard InChI is InChI=1S/C32H23FN4O4S2/c1-34-22-12-13-25-28(15-22)42-32(36-25)20-7-5-6-19(14-20)23-16-24-27(17-26(23)37(3)43(4,39)40)41-30(29(24)31(38)35-2)18-8-10-21(33)11-9-18/h5-17H,2-4H3,(H,35,38). The second-order valence-corrected chi connectivity index (χ2v) is 12.9. The van der Waals surface area contributed by atoms with E-state index in [0.717, 1.165) is 31.3 Å². The van der Waals surface area contributed by atoms with Crippen LogP contribution in [0.5, 0.6) is 0 Å².